The van der Waals surface area contributed by atoms with Crippen LogP contribution in [0.2, 0.25) is 0 Å². The summed E-state index contributed by atoms with van der Waals surface area (Å²) >= 11 is 0. The summed E-state index contributed by atoms with van der Waals surface area (Å²) in [4.78, 5) is 17.7. The van der Waals surface area contributed by atoms with Gasteiger partial charge in [0.25, 0.3) is 0 Å². The molecule has 3 atom stereocenters. The Balaban J connectivity index is 1.49. The van der Waals surface area contributed by atoms with E-state index in [0.717, 1.165) is 68.0 Å². The van der Waals surface area contributed by atoms with Crippen molar-refractivity contribution in [2.24, 2.45) is 13.0 Å². The van der Waals surface area contributed by atoms with Gasteiger partial charge in [0.05, 0.1) is 24.3 Å². The third-order valence-corrected chi connectivity index (χ3v) is 5.74. The second-order valence-electron chi connectivity index (χ2n) is 7.44. The quantitative estimate of drug-likeness (QED) is 0.928. The van der Waals surface area contributed by atoms with Gasteiger partial charge in [0.15, 0.2) is 0 Å². The number of ether oxygens (including phenoxy) is 1. The average Bonchev–Trinajstić information content (AvgIpc) is 3.38. The zero-order valence-corrected chi connectivity index (χ0v) is 14.4. The highest BCUT2D eigenvalue weighted by atomic mass is 16.5. The molecule has 25 heavy (non-hydrogen) atoms. The molecule has 3 aliphatic rings. The number of anilines is 1. The SMILES string of the molecule is Cn1cc(-c2nc3n(c2NC(=O)[C@@H]2C[C@H]4CC[C@@H]2O4)CCCC3)cn1. The van der Waals surface area contributed by atoms with Crippen LogP contribution in [0.15, 0.2) is 12.4 Å². The Kier molecular flexibility index (Phi) is 3.45. The van der Waals surface area contributed by atoms with Crippen molar-refractivity contribution in [2.75, 3.05) is 5.32 Å². The van der Waals surface area contributed by atoms with E-state index in [-0.39, 0.29) is 24.0 Å². The minimum atomic E-state index is -0.0322. The summed E-state index contributed by atoms with van der Waals surface area (Å²) in [6.45, 7) is 0.908. The molecule has 2 aromatic rings. The number of hydrogen-bond donors (Lipinski definition) is 1. The van der Waals surface area contributed by atoms with Crippen LogP contribution in [-0.4, -0.2) is 37.4 Å². The largest absolute Gasteiger partial charge is 0.374 e. The van der Waals surface area contributed by atoms with Crippen molar-refractivity contribution in [1.82, 2.24) is 19.3 Å². The van der Waals surface area contributed by atoms with E-state index in [1.807, 2.05) is 19.4 Å². The molecule has 0 spiro atoms. The van der Waals surface area contributed by atoms with E-state index in [1.54, 1.807) is 4.68 Å². The maximum absolute atomic E-state index is 12.9. The molecule has 0 saturated carbocycles. The topological polar surface area (TPSA) is 74.0 Å². The van der Waals surface area contributed by atoms with E-state index in [1.165, 1.54) is 0 Å². The van der Waals surface area contributed by atoms with Gasteiger partial charge < -0.3 is 14.6 Å². The van der Waals surface area contributed by atoms with Gasteiger partial charge >= 0.3 is 0 Å². The molecule has 3 aliphatic heterocycles. The molecule has 2 fully saturated rings. The fourth-order valence-electron chi connectivity index (χ4n) is 4.48. The number of nitrogens with zero attached hydrogens (tertiary/aromatic N) is 4. The van der Waals surface area contributed by atoms with Gasteiger partial charge in [0, 0.05) is 31.8 Å². The number of nitrogens with one attached hydrogen (secondary N) is 1. The fourth-order valence-corrected chi connectivity index (χ4v) is 4.48. The van der Waals surface area contributed by atoms with Gasteiger partial charge in [-0.25, -0.2) is 4.98 Å². The number of carbonyl (C=O) groups is 1. The summed E-state index contributed by atoms with van der Waals surface area (Å²) in [5.41, 5.74) is 1.78. The van der Waals surface area contributed by atoms with Gasteiger partial charge in [-0.3, -0.25) is 9.48 Å². The van der Waals surface area contributed by atoms with Gasteiger partial charge in [0.1, 0.15) is 17.3 Å². The molecular formula is C18H23N5O2. The number of aromatic nitrogens is 4. The molecule has 7 nitrogen and oxygen atoms in total. The average molecular weight is 341 g/mol. The molecule has 5 heterocycles. The van der Waals surface area contributed by atoms with Crippen LogP contribution >= 0.6 is 0 Å². The standard InChI is InChI=1S/C18H23N5O2/c1-22-10-11(9-19-22)16-17(23-7-3-2-4-15(23)20-16)21-18(24)13-8-12-5-6-14(13)25-12/h9-10,12-14H,2-8H2,1H3,(H,21,24)/t12-,13-,14+/m1/s1. The Labute approximate surface area is 146 Å². The maximum Gasteiger partial charge on any atom is 0.231 e. The summed E-state index contributed by atoms with van der Waals surface area (Å²) in [5, 5.41) is 7.46. The van der Waals surface area contributed by atoms with Crippen LogP contribution in [0.1, 0.15) is 37.9 Å². The third kappa shape index (κ3) is 2.49. The highest BCUT2D eigenvalue weighted by molar-refractivity contribution is 5.95. The molecule has 0 aliphatic carbocycles. The van der Waals surface area contributed by atoms with E-state index in [0.29, 0.717) is 0 Å². The molecule has 0 radical (unpaired) electrons. The minimum Gasteiger partial charge on any atom is -0.374 e. The van der Waals surface area contributed by atoms with E-state index < -0.39 is 0 Å². The van der Waals surface area contributed by atoms with E-state index >= 15 is 0 Å². The molecule has 2 aromatic heterocycles. The molecule has 0 aromatic carbocycles. The number of rotatable bonds is 3. The lowest BCUT2D eigenvalue weighted by atomic mass is 9.88. The molecule has 1 amide bonds. The third-order valence-electron chi connectivity index (χ3n) is 5.74. The number of amides is 1. The number of imidazole rings is 1. The first kappa shape index (κ1) is 15.1. The molecule has 2 saturated heterocycles. The van der Waals surface area contributed by atoms with Crippen molar-refractivity contribution in [1.29, 1.82) is 0 Å². The molecule has 7 heteroatoms. The number of carbonyl (C=O) groups excluding carboxylic acids is 1. The zero-order chi connectivity index (χ0) is 17.0. The van der Waals surface area contributed by atoms with Crippen LogP contribution in [0.25, 0.3) is 11.3 Å². The van der Waals surface area contributed by atoms with Gasteiger partial charge in [-0.1, -0.05) is 0 Å². The summed E-state index contributed by atoms with van der Waals surface area (Å²) in [5.74, 6) is 1.93. The molecule has 1 N–H and O–H groups in total. The van der Waals surface area contributed by atoms with Gasteiger partial charge in [-0.2, -0.15) is 5.10 Å². The van der Waals surface area contributed by atoms with E-state index in [4.69, 9.17) is 9.72 Å². The normalized spacial score (nSPS) is 27.5. The summed E-state index contributed by atoms with van der Waals surface area (Å²) in [6, 6.07) is 0. The Morgan fingerprint density at radius 2 is 2.28 bits per heavy atom. The lowest BCUT2D eigenvalue weighted by Gasteiger charge is -2.21. The Hall–Kier alpha value is -2.15. The lowest BCUT2D eigenvalue weighted by molar-refractivity contribution is -0.121. The number of fused-ring (bicyclic) bond motifs is 3. The molecule has 2 bridgehead atoms. The molecule has 0 unspecified atom stereocenters. The highest BCUT2D eigenvalue weighted by Gasteiger charge is 2.44. The highest BCUT2D eigenvalue weighted by Crippen LogP contribution is 2.40. The predicted octanol–water partition coefficient (Wildman–Crippen LogP) is 2.13. The van der Waals surface area contributed by atoms with Crippen molar-refractivity contribution >= 4 is 11.7 Å². The second kappa shape index (κ2) is 5.69. The Morgan fingerprint density at radius 1 is 1.36 bits per heavy atom. The van der Waals surface area contributed by atoms with Gasteiger partial charge in [-0.05, 0) is 32.1 Å². The predicted molar refractivity (Wildman–Crippen MR) is 92.0 cm³/mol. The Morgan fingerprint density at radius 3 is 3.00 bits per heavy atom. The monoisotopic (exact) mass is 341 g/mol. The summed E-state index contributed by atoms with van der Waals surface area (Å²) < 4.78 is 9.80. The smallest absolute Gasteiger partial charge is 0.231 e. The summed E-state index contributed by atoms with van der Waals surface area (Å²) in [6.07, 6.45) is 10.3. The van der Waals surface area contributed by atoms with Crippen LogP contribution in [0.5, 0.6) is 0 Å². The molecule has 132 valence electrons. The van der Waals surface area contributed by atoms with Crippen molar-refractivity contribution in [2.45, 2.75) is 57.3 Å². The van der Waals surface area contributed by atoms with Crippen molar-refractivity contribution in [3.8, 4) is 11.3 Å². The zero-order valence-electron chi connectivity index (χ0n) is 14.4. The Bertz CT molecular complexity index is 824. The first-order chi connectivity index (χ1) is 12.2. The van der Waals surface area contributed by atoms with Crippen LogP contribution in [0, 0.1) is 5.92 Å². The lowest BCUT2D eigenvalue weighted by Crippen LogP contribution is -2.31. The first-order valence-electron chi connectivity index (χ1n) is 9.24. The molecule has 5 rings (SSSR count). The van der Waals surface area contributed by atoms with Crippen LogP contribution in [0.3, 0.4) is 0 Å². The van der Waals surface area contributed by atoms with Crippen molar-refractivity contribution in [3.05, 3.63) is 18.2 Å². The van der Waals surface area contributed by atoms with Crippen molar-refractivity contribution in [3.63, 3.8) is 0 Å². The second-order valence-corrected chi connectivity index (χ2v) is 7.44. The van der Waals surface area contributed by atoms with Crippen LogP contribution < -0.4 is 5.32 Å². The minimum absolute atomic E-state index is 0.0322. The maximum atomic E-state index is 12.9. The fraction of sp³-hybridized carbons (Fsp3) is 0.611. The van der Waals surface area contributed by atoms with Crippen LogP contribution in [0.4, 0.5) is 5.82 Å². The number of aryl methyl sites for hydroxylation is 2. The van der Waals surface area contributed by atoms with Crippen LogP contribution in [-0.2, 0) is 29.5 Å². The van der Waals surface area contributed by atoms with Gasteiger partial charge in [-0.15, -0.1) is 0 Å². The van der Waals surface area contributed by atoms with Crippen molar-refractivity contribution < 1.29 is 9.53 Å². The van der Waals surface area contributed by atoms with E-state index in [2.05, 4.69) is 15.0 Å². The van der Waals surface area contributed by atoms with Gasteiger partial charge in [0.2, 0.25) is 5.91 Å². The van der Waals surface area contributed by atoms with E-state index in [9.17, 15) is 4.79 Å². The summed E-state index contributed by atoms with van der Waals surface area (Å²) in [7, 11) is 1.89. The molecular weight excluding hydrogens is 318 g/mol. The number of hydrogen-bond acceptors (Lipinski definition) is 4. The first-order valence-corrected chi connectivity index (χ1v) is 9.24.